The average molecular weight is 394 g/mol. The molecule has 0 unspecified atom stereocenters. The van der Waals surface area contributed by atoms with Gasteiger partial charge in [-0.25, -0.2) is 0 Å². The number of carbonyl (C=O) groups excluding carboxylic acids is 1. The summed E-state index contributed by atoms with van der Waals surface area (Å²) < 4.78 is 1.87. The standard InChI is InChI=1S/C15H10Br2N2O/c16-9-2-1-3-11(6-9)19-15(20)13-8-18-14-5-4-10(17)7-12(13)14/h1-8,18H,(H,19,20). The number of aromatic nitrogens is 1. The third kappa shape index (κ3) is 2.64. The summed E-state index contributed by atoms with van der Waals surface area (Å²) in [6, 6.07) is 13.3. The zero-order valence-corrected chi connectivity index (χ0v) is 13.5. The quantitative estimate of drug-likeness (QED) is 0.635. The molecule has 1 amide bonds. The van der Waals surface area contributed by atoms with Gasteiger partial charge >= 0.3 is 0 Å². The molecule has 3 aromatic rings. The molecule has 1 aromatic heterocycles. The van der Waals surface area contributed by atoms with E-state index in [1.165, 1.54) is 0 Å². The van der Waals surface area contributed by atoms with Crippen molar-refractivity contribution in [2.45, 2.75) is 0 Å². The number of halogens is 2. The van der Waals surface area contributed by atoms with Crippen molar-refractivity contribution >= 4 is 54.4 Å². The lowest BCUT2D eigenvalue weighted by Crippen LogP contribution is -2.11. The first-order chi connectivity index (χ1) is 9.63. The van der Waals surface area contributed by atoms with Crippen LogP contribution in [-0.2, 0) is 0 Å². The van der Waals surface area contributed by atoms with Crippen LogP contribution in [0.4, 0.5) is 5.69 Å². The summed E-state index contributed by atoms with van der Waals surface area (Å²) in [6.45, 7) is 0. The highest BCUT2D eigenvalue weighted by atomic mass is 79.9. The first kappa shape index (κ1) is 13.4. The number of anilines is 1. The fourth-order valence-corrected chi connectivity index (χ4v) is 2.81. The monoisotopic (exact) mass is 392 g/mol. The molecule has 2 aromatic carbocycles. The van der Waals surface area contributed by atoms with Crippen LogP contribution in [0.5, 0.6) is 0 Å². The molecule has 2 N–H and O–H groups in total. The van der Waals surface area contributed by atoms with Gasteiger partial charge in [-0.2, -0.15) is 0 Å². The molecule has 0 radical (unpaired) electrons. The summed E-state index contributed by atoms with van der Waals surface area (Å²) in [4.78, 5) is 15.5. The van der Waals surface area contributed by atoms with Crippen LogP contribution in [0.15, 0.2) is 57.6 Å². The molecule has 0 spiro atoms. The largest absolute Gasteiger partial charge is 0.360 e. The lowest BCUT2D eigenvalue weighted by atomic mass is 10.1. The Bertz CT molecular complexity index is 795. The first-order valence-corrected chi connectivity index (χ1v) is 7.55. The Kier molecular flexibility index (Phi) is 3.63. The molecule has 0 saturated heterocycles. The van der Waals surface area contributed by atoms with Gasteiger partial charge in [0.1, 0.15) is 0 Å². The molecular weight excluding hydrogens is 384 g/mol. The lowest BCUT2D eigenvalue weighted by molar-refractivity contribution is 0.102. The number of nitrogens with one attached hydrogen (secondary N) is 2. The van der Waals surface area contributed by atoms with Crippen LogP contribution in [0.1, 0.15) is 10.4 Å². The number of fused-ring (bicyclic) bond motifs is 1. The molecule has 20 heavy (non-hydrogen) atoms. The second-order valence-electron chi connectivity index (χ2n) is 4.36. The maximum absolute atomic E-state index is 12.4. The van der Waals surface area contributed by atoms with Gasteiger partial charge in [0.2, 0.25) is 0 Å². The molecule has 1 heterocycles. The predicted molar refractivity (Wildman–Crippen MR) is 88.1 cm³/mol. The van der Waals surface area contributed by atoms with Crippen molar-refractivity contribution in [3.05, 3.63) is 63.2 Å². The van der Waals surface area contributed by atoms with Gasteiger partial charge in [-0.05, 0) is 36.4 Å². The topological polar surface area (TPSA) is 44.9 Å². The average Bonchev–Trinajstić information content (AvgIpc) is 2.81. The van der Waals surface area contributed by atoms with E-state index < -0.39 is 0 Å². The van der Waals surface area contributed by atoms with Gasteiger partial charge in [0.15, 0.2) is 0 Å². The number of hydrogen-bond donors (Lipinski definition) is 2. The van der Waals surface area contributed by atoms with Gasteiger partial charge in [-0.15, -0.1) is 0 Å². The van der Waals surface area contributed by atoms with Crippen LogP contribution in [-0.4, -0.2) is 10.9 Å². The third-order valence-corrected chi connectivity index (χ3v) is 3.96. The summed E-state index contributed by atoms with van der Waals surface area (Å²) >= 11 is 6.81. The van der Waals surface area contributed by atoms with Crippen molar-refractivity contribution in [2.24, 2.45) is 0 Å². The Morgan fingerprint density at radius 3 is 2.65 bits per heavy atom. The van der Waals surface area contributed by atoms with Crippen molar-refractivity contribution in [1.82, 2.24) is 4.98 Å². The van der Waals surface area contributed by atoms with Crippen LogP contribution < -0.4 is 5.32 Å². The fourth-order valence-electron chi connectivity index (χ4n) is 2.05. The lowest BCUT2D eigenvalue weighted by Gasteiger charge is -2.04. The molecule has 100 valence electrons. The second-order valence-corrected chi connectivity index (χ2v) is 6.19. The molecule has 0 saturated carbocycles. The summed E-state index contributed by atoms with van der Waals surface area (Å²) in [7, 11) is 0. The van der Waals surface area contributed by atoms with E-state index in [-0.39, 0.29) is 5.91 Å². The molecule has 0 aliphatic rings. The molecule has 5 heteroatoms. The summed E-state index contributed by atoms with van der Waals surface area (Å²) in [5.41, 5.74) is 2.32. The zero-order valence-electron chi connectivity index (χ0n) is 10.3. The molecule has 3 nitrogen and oxygen atoms in total. The molecule has 0 bridgehead atoms. The van der Waals surface area contributed by atoms with Gasteiger partial charge < -0.3 is 10.3 Å². The number of aromatic amines is 1. The second kappa shape index (κ2) is 5.42. The van der Waals surface area contributed by atoms with Crippen LogP contribution in [0.3, 0.4) is 0 Å². The van der Waals surface area contributed by atoms with Crippen LogP contribution >= 0.6 is 31.9 Å². The van der Waals surface area contributed by atoms with Crippen molar-refractivity contribution < 1.29 is 4.79 Å². The SMILES string of the molecule is O=C(Nc1cccc(Br)c1)c1c[nH]c2ccc(Br)cc12. The van der Waals surface area contributed by atoms with E-state index in [2.05, 4.69) is 42.2 Å². The molecule has 0 atom stereocenters. The normalized spacial score (nSPS) is 10.7. The van der Waals surface area contributed by atoms with E-state index in [0.717, 1.165) is 25.5 Å². The van der Waals surface area contributed by atoms with E-state index in [0.29, 0.717) is 5.56 Å². The maximum Gasteiger partial charge on any atom is 0.257 e. The van der Waals surface area contributed by atoms with Crippen molar-refractivity contribution in [2.75, 3.05) is 5.32 Å². The Morgan fingerprint density at radius 1 is 1.05 bits per heavy atom. The van der Waals surface area contributed by atoms with E-state index in [1.807, 2.05) is 42.5 Å². The van der Waals surface area contributed by atoms with Crippen LogP contribution in [0.25, 0.3) is 10.9 Å². The van der Waals surface area contributed by atoms with E-state index in [9.17, 15) is 4.79 Å². The van der Waals surface area contributed by atoms with E-state index in [1.54, 1.807) is 6.20 Å². The Balaban J connectivity index is 1.94. The van der Waals surface area contributed by atoms with Gasteiger partial charge in [-0.3, -0.25) is 4.79 Å². The zero-order chi connectivity index (χ0) is 14.1. The van der Waals surface area contributed by atoms with E-state index in [4.69, 9.17) is 0 Å². The smallest absolute Gasteiger partial charge is 0.257 e. The Labute approximate surface area is 132 Å². The minimum Gasteiger partial charge on any atom is -0.360 e. The van der Waals surface area contributed by atoms with Gasteiger partial charge in [-0.1, -0.05) is 37.9 Å². The molecule has 0 aliphatic carbocycles. The minimum absolute atomic E-state index is 0.132. The highest BCUT2D eigenvalue weighted by Gasteiger charge is 2.12. The van der Waals surface area contributed by atoms with Crippen LogP contribution in [0.2, 0.25) is 0 Å². The number of amides is 1. The predicted octanol–water partition coefficient (Wildman–Crippen LogP) is 4.95. The highest BCUT2D eigenvalue weighted by molar-refractivity contribution is 9.10. The van der Waals surface area contributed by atoms with Crippen molar-refractivity contribution in [3.8, 4) is 0 Å². The van der Waals surface area contributed by atoms with Gasteiger partial charge in [0, 0.05) is 31.7 Å². The minimum atomic E-state index is -0.132. The number of H-pyrrole nitrogens is 1. The molecule has 0 fully saturated rings. The van der Waals surface area contributed by atoms with Gasteiger partial charge in [0.05, 0.1) is 5.56 Å². The Hall–Kier alpha value is -1.59. The molecule has 3 rings (SSSR count). The van der Waals surface area contributed by atoms with E-state index >= 15 is 0 Å². The van der Waals surface area contributed by atoms with Crippen LogP contribution in [0, 0.1) is 0 Å². The van der Waals surface area contributed by atoms with Gasteiger partial charge in [0.25, 0.3) is 5.91 Å². The fraction of sp³-hybridized carbons (Fsp3) is 0. The van der Waals surface area contributed by atoms with Crippen molar-refractivity contribution in [3.63, 3.8) is 0 Å². The summed E-state index contributed by atoms with van der Waals surface area (Å²) in [5, 5.41) is 3.79. The Morgan fingerprint density at radius 2 is 1.85 bits per heavy atom. The summed E-state index contributed by atoms with van der Waals surface area (Å²) in [6.07, 6.45) is 1.73. The third-order valence-electron chi connectivity index (χ3n) is 2.97. The summed E-state index contributed by atoms with van der Waals surface area (Å²) in [5.74, 6) is -0.132. The number of carbonyl (C=O) groups is 1. The molecular formula is C15H10Br2N2O. The number of hydrogen-bond acceptors (Lipinski definition) is 1. The maximum atomic E-state index is 12.4. The highest BCUT2D eigenvalue weighted by Crippen LogP contribution is 2.24. The van der Waals surface area contributed by atoms with Crippen molar-refractivity contribution in [1.29, 1.82) is 0 Å². The number of benzene rings is 2. The molecule has 0 aliphatic heterocycles. The first-order valence-electron chi connectivity index (χ1n) is 5.97. The number of rotatable bonds is 2.